The van der Waals surface area contributed by atoms with Gasteiger partial charge in [0.05, 0.1) is 12.9 Å². The molecule has 0 unspecified atom stereocenters. The highest BCUT2D eigenvalue weighted by atomic mass is 32.2. The highest BCUT2D eigenvalue weighted by Gasteiger charge is 2.21. The van der Waals surface area contributed by atoms with Crippen LogP contribution in [0.3, 0.4) is 0 Å². The Morgan fingerprint density at radius 3 is 2.69 bits per heavy atom. The number of nitrogens with one attached hydrogen (secondary N) is 1. The van der Waals surface area contributed by atoms with Crippen molar-refractivity contribution in [3.05, 3.63) is 59.4 Å². The Balaban J connectivity index is 1.59. The topological polar surface area (TPSA) is 58.6 Å². The van der Waals surface area contributed by atoms with Crippen LogP contribution in [0.4, 0.5) is 14.9 Å². The molecule has 0 atom stereocenters. The first kappa shape index (κ1) is 18.3. The van der Waals surface area contributed by atoms with Gasteiger partial charge in [0.2, 0.25) is 5.91 Å². The Morgan fingerprint density at radius 1 is 1.19 bits per heavy atom. The average molecular weight is 374 g/mol. The third-order valence-corrected chi connectivity index (χ3v) is 5.13. The fourth-order valence-corrected chi connectivity index (χ4v) is 3.50. The van der Waals surface area contributed by atoms with Crippen LogP contribution in [0.5, 0.6) is 0 Å². The predicted octanol–water partition coefficient (Wildman–Crippen LogP) is 3.68. The van der Waals surface area contributed by atoms with E-state index in [0.717, 1.165) is 16.9 Å². The second-order valence-electron chi connectivity index (χ2n) is 5.92. The zero-order chi connectivity index (χ0) is 18.5. The minimum absolute atomic E-state index is 0.139. The maximum absolute atomic E-state index is 12.9. The van der Waals surface area contributed by atoms with Gasteiger partial charge in [0, 0.05) is 23.7 Å². The number of benzene rings is 2. The van der Waals surface area contributed by atoms with Gasteiger partial charge in [-0.3, -0.25) is 4.79 Å². The van der Waals surface area contributed by atoms with Crippen molar-refractivity contribution < 1.29 is 18.7 Å². The summed E-state index contributed by atoms with van der Waals surface area (Å²) in [6.45, 7) is 1.09. The van der Waals surface area contributed by atoms with Crippen molar-refractivity contribution in [2.75, 3.05) is 24.7 Å². The van der Waals surface area contributed by atoms with E-state index >= 15 is 0 Å². The molecule has 3 rings (SSSR count). The monoisotopic (exact) mass is 374 g/mol. The van der Waals surface area contributed by atoms with Crippen LogP contribution in [0.15, 0.2) is 47.4 Å². The molecule has 0 saturated heterocycles. The molecule has 0 spiro atoms. The largest absolute Gasteiger partial charge is 0.453 e. The second kappa shape index (κ2) is 8.23. The highest BCUT2D eigenvalue weighted by Crippen LogP contribution is 2.24. The van der Waals surface area contributed by atoms with Gasteiger partial charge in [0.25, 0.3) is 0 Å². The molecule has 2 aromatic rings. The molecule has 0 fully saturated rings. The van der Waals surface area contributed by atoms with Crippen molar-refractivity contribution in [3.8, 4) is 0 Å². The maximum Gasteiger partial charge on any atom is 0.409 e. The molecule has 26 heavy (non-hydrogen) atoms. The third-order valence-electron chi connectivity index (χ3n) is 4.12. The van der Waals surface area contributed by atoms with Gasteiger partial charge in [-0.1, -0.05) is 6.07 Å². The van der Waals surface area contributed by atoms with Crippen molar-refractivity contribution in [1.82, 2.24) is 4.90 Å². The van der Waals surface area contributed by atoms with E-state index in [4.69, 9.17) is 4.74 Å². The first-order valence-corrected chi connectivity index (χ1v) is 9.16. The Morgan fingerprint density at radius 2 is 1.96 bits per heavy atom. The lowest BCUT2D eigenvalue weighted by Crippen LogP contribution is -2.35. The lowest BCUT2D eigenvalue weighted by atomic mass is 9.99. The van der Waals surface area contributed by atoms with Crippen LogP contribution in [-0.4, -0.2) is 36.3 Å². The number of thioether (sulfide) groups is 1. The third kappa shape index (κ3) is 4.54. The first-order chi connectivity index (χ1) is 12.5. The van der Waals surface area contributed by atoms with E-state index in [1.54, 1.807) is 17.0 Å². The first-order valence-electron chi connectivity index (χ1n) is 8.18. The number of hydrogen-bond donors (Lipinski definition) is 1. The quantitative estimate of drug-likeness (QED) is 0.830. The average Bonchev–Trinajstić information content (AvgIpc) is 2.66. The normalized spacial score (nSPS) is 13.1. The van der Waals surface area contributed by atoms with Gasteiger partial charge < -0.3 is 15.0 Å². The van der Waals surface area contributed by atoms with Crippen LogP contribution in [0.1, 0.15) is 11.1 Å². The Hall–Kier alpha value is -2.54. The molecule has 7 heteroatoms. The summed E-state index contributed by atoms with van der Waals surface area (Å²) >= 11 is 1.34. The number of methoxy groups -OCH3 is 1. The van der Waals surface area contributed by atoms with Gasteiger partial charge in [-0.2, -0.15) is 0 Å². The summed E-state index contributed by atoms with van der Waals surface area (Å²) in [6, 6.07) is 11.8. The van der Waals surface area contributed by atoms with E-state index in [-0.39, 0.29) is 23.6 Å². The molecule has 0 bridgehead atoms. The summed E-state index contributed by atoms with van der Waals surface area (Å²) in [5.74, 6) is -0.203. The van der Waals surface area contributed by atoms with Gasteiger partial charge in [0.1, 0.15) is 5.82 Å². The Labute approximate surface area is 155 Å². The number of fused-ring (bicyclic) bond motifs is 1. The number of hydrogen-bond acceptors (Lipinski definition) is 4. The minimum Gasteiger partial charge on any atom is -0.453 e. The fourth-order valence-electron chi connectivity index (χ4n) is 2.80. The second-order valence-corrected chi connectivity index (χ2v) is 6.96. The van der Waals surface area contributed by atoms with Crippen LogP contribution in [0.25, 0.3) is 0 Å². The highest BCUT2D eigenvalue weighted by molar-refractivity contribution is 8.00. The molecule has 1 aliphatic heterocycles. The van der Waals surface area contributed by atoms with E-state index in [0.29, 0.717) is 18.8 Å². The van der Waals surface area contributed by atoms with Crippen LogP contribution < -0.4 is 5.32 Å². The number of rotatable bonds is 4. The molecule has 1 heterocycles. The maximum atomic E-state index is 12.9. The lowest BCUT2D eigenvalue weighted by Gasteiger charge is -2.28. The minimum atomic E-state index is -0.346. The van der Waals surface area contributed by atoms with Crippen molar-refractivity contribution in [3.63, 3.8) is 0 Å². The number of ether oxygens (including phenoxy) is 1. The molecular formula is C19H19FN2O3S. The van der Waals surface area contributed by atoms with E-state index in [1.807, 2.05) is 18.2 Å². The zero-order valence-electron chi connectivity index (χ0n) is 14.3. The summed E-state index contributed by atoms with van der Waals surface area (Å²) in [5.41, 5.74) is 2.87. The summed E-state index contributed by atoms with van der Waals surface area (Å²) in [5, 5.41) is 2.86. The smallest absolute Gasteiger partial charge is 0.409 e. The molecule has 2 aromatic carbocycles. The summed E-state index contributed by atoms with van der Waals surface area (Å²) < 4.78 is 17.7. The molecule has 5 nitrogen and oxygen atoms in total. The van der Waals surface area contributed by atoms with E-state index in [2.05, 4.69) is 5.32 Å². The van der Waals surface area contributed by atoms with Crippen LogP contribution in [-0.2, 0) is 22.5 Å². The lowest BCUT2D eigenvalue weighted by molar-refractivity contribution is -0.113. The molecular weight excluding hydrogens is 355 g/mol. The van der Waals surface area contributed by atoms with Crippen molar-refractivity contribution in [2.24, 2.45) is 0 Å². The number of anilines is 1. The van der Waals surface area contributed by atoms with Gasteiger partial charge >= 0.3 is 6.09 Å². The summed E-state index contributed by atoms with van der Waals surface area (Å²) in [7, 11) is 1.37. The summed E-state index contributed by atoms with van der Waals surface area (Å²) in [6.07, 6.45) is 0.416. The number of carbonyl (C=O) groups excluding carboxylic acids is 2. The van der Waals surface area contributed by atoms with Gasteiger partial charge in [0.15, 0.2) is 0 Å². The fraction of sp³-hybridized carbons (Fsp3) is 0.263. The molecule has 0 aromatic heterocycles. The number of amides is 2. The molecule has 2 amide bonds. The van der Waals surface area contributed by atoms with E-state index in [9.17, 15) is 14.0 Å². The zero-order valence-corrected chi connectivity index (χ0v) is 15.1. The molecule has 0 aliphatic carbocycles. The van der Waals surface area contributed by atoms with Crippen LogP contribution in [0.2, 0.25) is 0 Å². The molecule has 1 aliphatic rings. The SMILES string of the molecule is COC(=O)N1CCc2ccc(NC(=O)CSc3ccc(F)cc3)cc2C1. The standard InChI is InChI=1S/C19H19FN2O3S/c1-25-19(24)22-9-8-13-2-5-16(10-14(13)11-22)21-18(23)12-26-17-6-3-15(20)4-7-17/h2-7,10H,8-9,11-12H2,1H3,(H,21,23). The van der Waals surface area contributed by atoms with Crippen molar-refractivity contribution in [1.29, 1.82) is 0 Å². The number of nitrogens with zero attached hydrogens (tertiary/aromatic N) is 1. The van der Waals surface area contributed by atoms with Gasteiger partial charge in [-0.05, 0) is 53.9 Å². The summed E-state index contributed by atoms with van der Waals surface area (Å²) in [4.78, 5) is 26.3. The predicted molar refractivity (Wildman–Crippen MR) is 98.7 cm³/mol. The van der Waals surface area contributed by atoms with Crippen molar-refractivity contribution >= 4 is 29.4 Å². The number of carbonyl (C=O) groups is 2. The van der Waals surface area contributed by atoms with Gasteiger partial charge in [-0.15, -0.1) is 11.8 Å². The van der Waals surface area contributed by atoms with Gasteiger partial charge in [-0.25, -0.2) is 9.18 Å². The molecule has 136 valence electrons. The van der Waals surface area contributed by atoms with E-state index < -0.39 is 0 Å². The molecule has 0 radical (unpaired) electrons. The van der Waals surface area contributed by atoms with Crippen molar-refractivity contribution in [2.45, 2.75) is 17.9 Å². The Kier molecular flexibility index (Phi) is 5.78. The number of halogens is 1. The Bertz CT molecular complexity index is 811. The molecule has 0 saturated carbocycles. The van der Waals surface area contributed by atoms with Crippen LogP contribution in [0, 0.1) is 5.82 Å². The van der Waals surface area contributed by atoms with Crippen LogP contribution >= 0.6 is 11.8 Å². The molecule has 1 N–H and O–H groups in total. The van der Waals surface area contributed by atoms with E-state index in [1.165, 1.54) is 36.6 Å².